The Hall–Kier alpha value is -1.85. The van der Waals surface area contributed by atoms with E-state index in [2.05, 4.69) is 15.7 Å². The monoisotopic (exact) mass is 322 g/mol. The van der Waals surface area contributed by atoms with E-state index in [0.717, 1.165) is 17.9 Å². The second kappa shape index (κ2) is 8.56. The molecular formula is C16H23ClN4O. The van der Waals surface area contributed by atoms with Crippen molar-refractivity contribution in [1.82, 2.24) is 20.4 Å². The van der Waals surface area contributed by atoms with Gasteiger partial charge >= 0.3 is 0 Å². The fourth-order valence-corrected chi connectivity index (χ4v) is 2.22. The van der Waals surface area contributed by atoms with E-state index in [-0.39, 0.29) is 24.4 Å². The number of nitrogens with one attached hydrogen (secondary N) is 2. The Morgan fingerprint density at radius 2 is 2.00 bits per heavy atom. The summed E-state index contributed by atoms with van der Waals surface area (Å²) in [6.45, 7) is 7.49. The minimum atomic E-state index is -0.0839. The van der Waals surface area contributed by atoms with E-state index in [1.54, 1.807) is 10.9 Å². The molecule has 22 heavy (non-hydrogen) atoms. The zero-order valence-electron chi connectivity index (χ0n) is 13.2. The second-order valence-electron chi connectivity index (χ2n) is 5.06. The van der Waals surface area contributed by atoms with Crippen molar-refractivity contribution in [2.24, 2.45) is 0 Å². The number of halogens is 1. The molecule has 5 nitrogen and oxygen atoms in total. The van der Waals surface area contributed by atoms with Gasteiger partial charge in [-0.1, -0.05) is 25.1 Å². The molecule has 2 aromatic rings. The molecule has 0 unspecified atom stereocenters. The number of carbonyl (C=O) groups excluding carboxylic acids is 1. The van der Waals surface area contributed by atoms with E-state index in [9.17, 15) is 4.79 Å². The molecule has 0 aliphatic carbocycles. The minimum Gasteiger partial charge on any atom is -0.350 e. The van der Waals surface area contributed by atoms with Crippen molar-refractivity contribution in [3.8, 4) is 5.69 Å². The summed E-state index contributed by atoms with van der Waals surface area (Å²) in [6.07, 6.45) is 1.62. The molecular weight excluding hydrogens is 300 g/mol. The summed E-state index contributed by atoms with van der Waals surface area (Å²) < 4.78 is 1.78. The maximum atomic E-state index is 12.2. The minimum absolute atomic E-state index is 0. The lowest BCUT2D eigenvalue weighted by Crippen LogP contribution is -2.38. The highest BCUT2D eigenvalue weighted by Crippen LogP contribution is 2.13. The molecule has 120 valence electrons. The Morgan fingerprint density at radius 1 is 1.32 bits per heavy atom. The Morgan fingerprint density at radius 3 is 2.64 bits per heavy atom. The lowest BCUT2D eigenvalue weighted by molar-refractivity contribution is 0.0949. The molecule has 0 saturated heterocycles. The van der Waals surface area contributed by atoms with E-state index >= 15 is 0 Å². The highest BCUT2D eigenvalue weighted by molar-refractivity contribution is 5.95. The summed E-state index contributed by atoms with van der Waals surface area (Å²) in [5.74, 6) is -0.0839. The lowest BCUT2D eigenvalue weighted by Gasteiger charge is -2.13. The summed E-state index contributed by atoms with van der Waals surface area (Å²) in [5.41, 5.74) is 2.41. The molecule has 1 aromatic heterocycles. The van der Waals surface area contributed by atoms with Crippen molar-refractivity contribution >= 4 is 18.3 Å². The number of benzene rings is 1. The molecule has 0 aliphatic rings. The van der Waals surface area contributed by atoms with Crippen LogP contribution in [0.3, 0.4) is 0 Å². The lowest BCUT2D eigenvalue weighted by atomic mass is 10.2. The van der Waals surface area contributed by atoms with Crippen LogP contribution in [0.1, 0.15) is 29.9 Å². The first kappa shape index (κ1) is 18.2. The van der Waals surface area contributed by atoms with Crippen molar-refractivity contribution in [1.29, 1.82) is 0 Å². The molecule has 2 rings (SSSR count). The highest BCUT2D eigenvalue weighted by atomic mass is 35.5. The Labute approximate surface area is 137 Å². The van der Waals surface area contributed by atoms with E-state index in [1.165, 1.54) is 0 Å². The standard InChI is InChI=1S/C16H22N4O.ClH/c1-4-17-12(2)10-18-16(21)15-11-19-20(13(15)3)14-8-6-5-7-9-14;/h5-9,11-12,17H,4,10H2,1-3H3,(H,18,21);1H/t12-;/m1./s1. The van der Waals surface area contributed by atoms with Crippen molar-refractivity contribution in [3.63, 3.8) is 0 Å². The van der Waals surface area contributed by atoms with Gasteiger partial charge in [-0.25, -0.2) is 4.68 Å². The predicted octanol–water partition coefficient (Wildman–Crippen LogP) is 2.33. The van der Waals surface area contributed by atoms with Crippen LogP contribution in [0.4, 0.5) is 0 Å². The molecule has 0 aliphatic heterocycles. The van der Waals surface area contributed by atoms with Gasteiger partial charge in [-0.15, -0.1) is 12.4 Å². The van der Waals surface area contributed by atoms with Gasteiger partial charge in [0.1, 0.15) is 0 Å². The number of amides is 1. The zero-order valence-corrected chi connectivity index (χ0v) is 14.0. The van der Waals surface area contributed by atoms with E-state index in [4.69, 9.17) is 0 Å². The van der Waals surface area contributed by atoms with Gasteiger partial charge in [-0.3, -0.25) is 4.79 Å². The molecule has 0 fully saturated rings. The summed E-state index contributed by atoms with van der Waals surface area (Å²) >= 11 is 0. The third-order valence-electron chi connectivity index (χ3n) is 3.38. The van der Waals surface area contributed by atoms with Crippen LogP contribution in [0, 0.1) is 6.92 Å². The van der Waals surface area contributed by atoms with E-state index in [1.807, 2.05) is 51.1 Å². The fraction of sp³-hybridized carbons (Fsp3) is 0.375. The number of para-hydroxylation sites is 1. The number of nitrogens with zero attached hydrogens (tertiary/aromatic N) is 2. The third-order valence-corrected chi connectivity index (χ3v) is 3.38. The molecule has 0 bridgehead atoms. The zero-order chi connectivity index (χ0) is 15.2. The Kier molecular flexibility index (Phi) is 7.08. The Balaban J connectivity index is 0.00000242. The largest absolute Gasteiger partial charge is 0.350 e. The van der Waals surface area contributed by atoms with Crippen molar-refractivity contribution < 1.29 is 4.79 Å². The molecule has 1 aromatic carbocycles. The van der Waals surface area contributed by atoms with E-state index in [0.29, 0.717) is 12.1 Å². The maximum Gasteiger partial charge on any atom is 0.254 e. The number of aromatic nitrogens is 2. The van der Waals surface area contributed by atoms with Gasteiger partial charge < -0.3 is 10.6 Å². The molecule has 1 atom stereocenters. The first-order valence-corrected chi connectivity index (χ1v) is 7.25. The van der Waals surface area contributed by atoms with Crippen molar-refractivity contribution in [2.45, 2.75) is 26.8 Å². The summed E-state index contributed by atoms with van der Waals surface area (Å²) in [5, 5.41) is 10.5. The maximum absolute atomic E-state index is 12.2. The van der Waals surface area contributed by atoms with Gasteiger partial charge in [0.05, 0.1) is 23.1 Å². The Bertz CT molecular complexity index is 597. The highest BCUT2D eigenvalue weighted by Gasteiger charge is 2.15. The number of hydrogen-bond acceptors (Lipinski definition) is 3. The van der Waals surface area contributed by atoms with Crippen molar-refractivity contribution in [2.75, 3.05) is 13.1 Å². The van der Waals surface area contributed by atoms with Crippen LogP contribution < -0.4 is 10.6 Å². The molecule has 0 radical (unpaired) electrons. The van der Waals surface area contributed by atoms with Gasteiger partial charge in [-0.2, -0.15) is 5.10 Å². The smallest absolute Gasteiger partial charge is 0.254 e. The van der Waals surface area contributed by atoms with Crippen molar-refractivity contribution in [3.05, 3.63) is 47.8 Å². The van der Waals surface area contributed by atoms with E-state index < -0.39 is 0 Å². The van der Waals surface area contributed by atoms with Crippen LogP contribution in [0.5, 0.6) is 0 Å². The molecule has 0 saturated carbocycles. The fourth-order valence-electron chi connectivity index (χ4n) is 2.22. The van der Waals surface area contributed by atoms with Crippen LogP contribution in [-0.2, 0) is 0 Å². The number of likely N-dealkylation sites (N-methyl/N-ethyl adjacent to an activating group) is 1. The van der Waals surface area contributed by atoms with Crippen LogP contribution in [0.15, 0.2) is 36.5 Å². The number of hydrogen-bond donors (Lipinski definition) is 2. The van der Waals surface area contributed by atoms with Gasteiger partial charge in [0.15, 0.2) is 0 Å². The summed E-state index contributed by atoms with van der Waals surface area (Å²) in [7, 11) is 0. The quantitative estimate of drug-likeness (QED) is 0.858. The summed E-state index contributed by atoms with van der Waals surface area (Å²) in [6, 6.07) is 10.0. The van der Waals surface area contributed by atoms with Gasteiger partial charge in [-0.05, 0) is 32.5 Å². The predicted molar refractivity (Wildman–Crippen MR) is 91.0 cm³/mol. The second-order valence-corrected chi connectivity index (χ2v) is 5.06. The van der Waals surface area contributed by atoms with Crippen LogP contribution in [-0.4, -0.2) is 34.8 Å². The van der Waals surface area contributed by atoms with Gasteiger partial charge in [0.25, 0.3) is 5.91 Å². The number of carbonyl (C=O) groups is 1. The average Bonchev–Trinajstić information content (AvgIpc) is 2.88. The summed E-state index contributed by atoms with van der Waals surface area (Å²) in [4.78, 5) is 12.2. The topological polar surface area (TPSA) is 58.9 Å². The molecule has 1 heterocycles. The third kappa shape index (κ3) is 4.32. The van der Waals surface area contributed by atoms with Crippen LogP contribution in [0.2, 0.25) is 0 Å². The SMILES string of the molecule is CCN[C@H](C)CNC(=O)c1cnn(-c2ccccc2)c1C.Cl. The van der Waals surface area contributed by atoms with Gasteiger partial charge in [0, 0.05) is 12.6 Å². The normalized spacial score (nSPS) is 11.6. The first-order valence-electron chi connectivity index (χ1n) is 7.25. The van der Waals surface area contributed by atoms with Gasteiger partial charge in [0.2, 0.25) is 0 Å². The van der Waals surface area contributed by atoms with Crippen LogP contribution >= 0.6 is 12.4 Å². The number of rotatable bonds is 6. The molecule has 0 spiro atoms. The molecule has 6 heteroatoms. The molecule has 1 amide bonds. The average molecular weight is 323 g/mol. The van der Waals surface area contributed by atoms with Crippen LogP contribution in [0.25, 0.3) is 5.69 Å². The first-order chi connectivity index (χ1) is 10.1. The molecule has 2 N–H and O–H groups in total.